The van der Waals surface area contributed by atoms with E-state index in [4.69, 9.17) is 13.9 Å². The maximum absolute atomic E-state index is 13.1. The first-order valence-electron chi connectivity index (χ1n) is 10.6. The van der Waals surface area contributed by atoms with Crippen LogP contribution in [0.2, 0.25) is 0 Å². The number of fused-ring (bicyclic) bond motifs is 1. The first-order chi connectivity index (χ1) is 16.4. The van der Waals surface area contributed by atoms with Crippen LogP contribution in [0.4, 0.5) is 11.4 Å². The standard InChI is InChI=1S/C25H24N2O6S/c1-3-32-16-20-19-11-4-6-13-22(19)33-24(20)25(28)26-17-9-8-10-18(15-17)34(29,30)27-21-12-5-7-14-23(21)31-2/h4-15,27H,3,16H2,1-2H3,(H,26,28). The fourth-order valence-corrected chi connectivity index (χ4v) is 4.61. The highest BCUT2D eigenvalue weighted by Gasteiger charge is 2.22. The monoisotopic (exact) mass is 480 g/mol. The van der Waals surface area contributed by atoms with Gasteiger partial charge in [-0.3, -0.25) is 9.52 Å². The van der Waals surface area contributed by atoms with Gasteiger partial charge in [-0.1, -0.05) is 36.4 Å². The Balaban J connectivity index is 1.60. The quantitative estimate of drug-likeness (QED) is 0.348. The lowest BCUT2D eigenvalue weighted by Crippen LogP contribution is -2.16. The van der Waals surface area contributed by atoms with Crippen molar-refractivity contribution in [3.63, 3.8) is 0 Å². The second-order valence-corrected chi connectivity index (χ2v) is 9.01. The molecule has 34 heavy (non-hydrogen) atoms. The fourth-order valence-electron chi connectivity index (χ4n) is 3.49. The van der Waals surface area contributed by atoms with Crippen LogP contribution in [0.15, 0.2) is 82.1 Å². The lowest BCUT2D eigenvalue weighted by Gasteiger charge is -2.12. The predicted molar refractivity (Wildman–Crippen MR) is 130 cm³/mol. The molecule has 0 aliphatic heterocycles. The van der Waals surface area contributed by atoms with Gasteiger partial charge in [-0.2, -0.15) is 0 Å². The van der Waals surface area contributed by atoms with Gasteiger partial charge in [0, 0.05) is 23.2 Å². The molecule has 0 bridgehead atoms. The number of furan rings is 1. The number of ether oxygens (including phenoxy) is 2. The van der Waals surface area contributed by atoms with Gasteiger partial charge in [-0.05, 0) is 43.3 Å². The van der Waals surface area contributed by atoms with E-state index < -0.39 is 15.9 Å². The van der Waals surface area contributed by atoms with Crippen molar-refractivity contribution in [1.29, 1.82) is 0 Å². The Hall–Kier alpha value is -3.82. The second-order valence-electron chi connectivity index (χ2n) is 7.33. The highest BCUT2D eigenvalue weighted by Crippen LogP contribution is 2.29. The summed E-state index contributed by atoms with van der Waals surface area (Å²) in [6.07, 6.45) is 0. The van der Waals surface area contributed by atoms with E-state index in [9.17, 15) is 13.2 Å². The van der Waals surface area contributed by atoms with Crippen LogP contribution in [-0.4, -0.2) is 28.0 Å². The molecule has 0 spiro atoms. The van der Waals surface area contributed by atoms with Crippen LogP contribution in [0.5, 0.6) is 5.75 Å². The van der Waals surface area contributed by atoms with Gasteiger partial charge in [0.2, 0.25) is 0 Å². The van der Waals surface area contributed by atoms with Crippen molar-refractivity contribution in [2.24, 2.45) is 0 Å². The summed E-state index contributed by atoms with van der Waals surface area (Å²) >= 11 is 0. The minimum Gasteiger partial charge on any atom is -0.495 e. The molecule has 0 aliphatic rings. The molecule has 1 aromatic heterocycles. The number of para-hydroxylation sites is 3. The van der Waals surface area contributed by atoms with Gasteiger partial charge >= 0.3 is 0 Å². The molecule has 0 radical (unpaired) electrons. The van der Waals surface area contributed by atoms with Crippen molar-refractivity contribution in [2.45, 2.75) is 18.4 Å². The maximum atomic E-state index is 13.1. The lowest BCUT2D eigenvalue weighted by atomic mass is 10.1. The second kappa shape index (κ2) is 9.98. The molecular weight excluding hydrogens is 456 g/mol. The number of carbonyl (C=O) groups excluding carboxylic acids is 1. The molecule has 0 unspecified atom stereocenters. The topological polar surface area (TPSA) is 107 Å². The average Bonchev–Trinajstić information content (AvgIpc) is 3.22. The molecule has 4 aromatic rings. The highest BCUT2D eigenvalue weighted by molar-refractivity contribution is 7.92. The first-order valence-corrected chi connectivity index (χ1v) is 12.1. The molecule has 0 saturated carbocycles. The minimum absolute atomic E-state index is 0.0182. The molecule has 0 aliphatic carbocycles. The molecule has 176 valence electrons. The number of nitrogens with one attached hydrogen (secondary N) is 2. The van der Waals surface area contributed by atoms with E-state index in [0.717, 1.165) is 5.39 Å². The van der Waals surface area contributed by atoms with E-state index in [-0.39, 0.29) is 17.3 Å². The molecule has 8 nitrogen and oxygen atoms in total. The predicted octanol–water partition coefficient (Wildman–Crippen LogP) is 5.03. The Bertz CT molecular complexity index is 1430. The number of benzene rings is 3. The normalized spacial score (nSPS) is 11.4. The summed E-state index contributed by atoms with van der Waals surface area (Å²) in [5.74, 6) is 0.00967. The third-order valence-electron chi connectivity index (χ3n) is 5.11. The summed E-state index contributed by atoms with van der Waals surface area (Å²) in [5.41, 5.74) is 1.81. The van der Waals surface area contributed by atoms with Crippen LogP contribution in [0.3, 0.4) is 0 Å². The van der Waals surface area contributed by atoms with Crippen molar-refractivity contribution in [3.8, 4) is 5.75 Å². The van der Waals surface area contributed by atoms with Crippen LogP contribution in [0.25, 0.3) is 11.0 Å². The zero-order valence-corrected chi connectivity index (χ0v) is 19.5. The number of hydrogen-bond acceptors (Lipinski definition) is 6. The number of anilines is 2. The third kappa shape index (κ3) is 4.90. The van der Waals surface area contributed by atoms with E-state index >= 15 is 0 Å². The molecule has 1 heterocycles. The molecule has 1 amide bonds. The molecular formula is C25H24N2O6S. The van der Waals surface area contributed by atoms with Crippen molar-refractivity contribution in [3.05, 3.63) is 84.1 Å². The first kappa shape index (κ1) is 23.3. The van der Waals surface area contributed by atoms with Gasteiger partial charge in [0.1, 0.15) is 11.3 Å². The number of methoxy groups -OCH3 is 1. The number of sulfonamides is 1. The van der Waals surface area contributed by atoms with Gasteiger partial charge in [0.15, 0.2) is 5.76 Å². The Morgan fingerprint density at radius 1 is 1.00 bits per heavy atom. The number of amides is 1. The fraction of sp³-hybridized carbons (Fsp3) is 0.160. The van der Waals surface area contributed by atoms with Crippen molar-refractivity contribution >= 4 is 38.3 Å². The summed E-state index contributed by atoms with van der Waals surface area (Å²) < 4.78 is 45.0. The Kier molecular flexibility index (Phi) is 6.85. The zero-order valence-electron chi connectivity index (χ0n) is 18.7. The van der Waals surface area contributed by atoms with Gasteiger partial charge in [0.25, 0.3) is 15.9 Å². The van der Waals surface area contributed by atoms with Crippen LogP contribution in [0, 0.1) is 0 Å². The smallest absolute Gasteiger partial charge is 0.291 e. The molecule has 3 aromatic carbocycles. The largest absolute Gasteiger partial charge is 0.495 e. The van der Waals surface area contributed by atoms with Crippen molar-refractivity contribution in [2.75, 3.05) is 23.8 Å². The zero-order chi connectivity index (χ0) is 24.1. The van der Waals surface area contributed by atoms with E-state index in [1.54, 1.807) is 42.5 Å². The van der Waals surface area contributed by atoms with Crippen molar-refractivity contribution in [1.82, 2.24) is 0 Å². The average molecular weight is 481 g/mol. The Morgan fingerprint density at radius 2 is 1.76 bits per heavy atom. The minimum atomic E-state index is -3.93. The lowest BCUT2D eigenvalue weighted by molar-refractivity contribution is 0.0984. The van der Waals surface area contributed by atoms with Crippen molar-refractivity contribution < 1.29 is 27.1 Å². The molecule has 2 N–H and O–H groups in total. The molecule has 0 saturated heterocycles. The van der Waals surface area contributed by atoms with E-state index in [1.165, 1.54) is 19.2 Å². The molecule has 0 atom stereocenters. The number of hydrogen-bond donors (Lipinski definition) is 2. The van der Waals surface area contributed by atoms with Gasteiger partial charge in [-0.25, -0.2) is 8.42 Å². The van der Waals surface area contributed by atoms with Gasteiger partial charge < -0.3 is 19.2 Å². The maximum Gasteiger partial charge on any atom is 0.291 e. The van der Waals surface area contributed by atoms with Gasteiger partial charge in [0.05, 0.1) is 24.3 Å². The van der Waals surface area contributed by atoms with E-state index in [2.05, 4.69) is 10.0 Å². The van der Waals surface area contributed by atoms with Crippen LogP contribution in [-0.2, 0) is 21.4 Å². The summed E-state index contributed by atoms with van der Waals surface area (Å²) in [7, 11) is -2.47. The molecule has 0 fully saturated rings. The SMILES string of the molecule is CCOCc1c(C(=O)Nc2cccc(S(=O)(=O)Nc3ccccc3OC)c2)oc2ccccc12. The summed E-state index contributed by atoms with van der Waals surface area (Å²) in [4.78, 5) is 13.0. The van der Waals surface area contributed by atoms with Crippen LogP contribution in [0.1, 0.15) is 23.0 Å². The van der Waals surface area contributed by atoms with Gasteiger partial charge in [-0.15, -0.1) is 0 Å². The summed E-state index contributed by atoms with van der Waals surface area (Å²) in [6.45, 7) is 2.57. The molecule has 4 rings (SSSR count). The summed E-state index contributed by atoms with van der Waals surface area (Å²) in [5, 5.41) is 3.52. The van der Waals surface area contributed by atoms with E-state index in [0.29, 0.717) is 34.9 Å². The summed E-state index contributed by atoms with van der Waals surface area (Å²) in [6, 6.07) is 20.0. The number of rotatable bonds is 9. The highest BCUT2D eigenvalue weighted by atomic mass is 32.2. The Labute approximate surface area is 197 Å². The number of carbonyl (C=O) groups is 1. The molecule has 9 heteroatoms. The third-order valence-corrected chi connectivity index (χ3v) is 6.47. The Morgan fingerprint density at radius 3 is 2.56 bits per heavy atom. The van der Waals surface area contributed by atoms with E-state index in [1.807, 2.05) is 25.1 Å². The van der Waals surface area contributed by atoms with Crippen LogP contribution >= 0.6 is 0 Å². The van der Waals surface area contributed by atoms with Crippen LogP contribution < -0.4 is 14.8 Å².